The fraction of sp³-hybridized carbons (Fsp3) is 0. The van der Waals surface area contributed by atoms with Gasteiger partial charge in [0.05, 0.1) is 22.1 Å². The highest BCUT2D eigenvalue weighted by atomic mass is 32.1. The summed E-state index contributed by atoms with van der Waals surface area (Å²) in [6, 6.07) is 69.5. The minimum absolute atomic E-state index is 0.588. The lowest BCUT2D eigenvalue weighted by atomic mass is 10.0. The van der Waals surface area contributed by atoms with Gasteiger partial charge >= 0.3 is 0 Å². The molecule has 66 heavy (non-hydrogen) atoms. The predicted octanol–water partition coefficient (Wildman–Crippen LogP) is 16.9. The van der Waals surface area contributed by atoms with E-state index < -0.39 is 0 Å². The first kappa shape index (κ1) is 36.1. The lowest BCUT2D eigenvalue weighted by Gasteiger charge is -2.16. The van der Waals surface area contributed by atoms with Crippen molar-refractivity contribution >= 4 is 128 Å². The van der Waals surface area contributed by atoms with Crippen molar-refractivity contribution in [3.8, 4) is 39.9 Å². The van der Waals surface area contributed by atoms with Crippen LogP contribution >= 0.6 is 22.7 Å². The van der Waals surface area contributed by atoms with E-state index in [1.165, 1.54) is 52.5 Å². The maximum atomic E-state index is 6.97. The van der Waals surface area contributed by atoms with Crippen LogP contribution in [0.2, 0.25) is 0 Å². The van der Waals surface area contributed by atoms with Crippen LogP contribution in [0.4, 0.5) is 0 Å². The van der Waals surface area contributed by atoms with Crippen molar-refractivity contribution in [2.75, 3.05) is 0 Å². The van der Waals surface area contributed by atoms with E-state index in [1.807, 2.05) is 0 Å². The Labute approximate surface area is 384 Å². The Hall–Kier alpha value is -8.23. The van der Waals surface area contributed by atoms with E-state index in [9.17, 15) is 0 Å². The van der Waals surface area contributed by atoms with Crippen LogP contribution in [0.15, 0.2) is 199 Å². The van der Waals surface area contributed by atoms with Crippen molar-refractivity contribution in [2.45, 2.75) is 0 Å². The molecule has 5 aromatic heterocycles. The van der Waals surface area contributed by atoms with Gasteiger partial charge in [-0.05, 0) is 76.8 Å². The Morgan fingerprint density at radius 3 is 1.59 bits per heavy atom. The summed E-state index contributed by atoms with van der Waals surface area (Å²) in [6.45, 7) is 0. The van der Waals surface area contributed by atoms with Gasteiger partial charge in [-0.1, -0.05) is 133 Å². The van der Waals surface area contributed by atoms with Gasteiger partial charge in [-0.15, -0.1) is 22.7 Å². The van der Waals surface area contributed by atoms with Crippen molar-refractivity contribution in [3.63, 3.8) is 0 Å². The second-order valence-corrected chi connectivity index (χ2v) is 19.1. The fourth-order valence-corrected chi connectivity index (χ4v) is 12.9. The molecule has 0 atom stereocenters. The minimum atomic E-state index is 0.588. The molecule has 10 aromatic carbocycles. The van der Waals surface area contributed by atoms with E-state index in [4.69, 9.17) is 19.4 Å². The molecule has 306 valence electrons. The first-order valence-corrected chi connectivity index (χ1v) is 23.7. The molecule has 5 heterocycles. The molecule has 0 radical (unpaired) electrons. The highest BCUT2D eigenvalue weighted by Gasteiger charge is 2.26. The highest BCUT2D eigenvalue weighted by Crippen LogP contribution is 2.47. The van der Waals surface area contributed by atoms with Crippen molar-refractivity contribution in [1.82, 2.24) is 19.5 Å². The largest absolute Gasteiger partial charge is 0.455 e. The van der Waals surface area contributed by atoms with Gasteiger partial charge in [0.2, 0.25) is 0 Å². The van der Waals surface area contributed by atoms with E-state index in [2.05, 4.69) is 199 Å². The molecule has 7 heteroatoms. The fourth-order valence-electron chi connectivity index (χ4n) is 10.5. The summed E-state index contributed by atoms with van der Waals surface area (Å²) in [6.07, 6.45) is 0. The van der Waals surface area contributed by atoms with E-state index in [-0.39, 0.29) is 0 Å². The van der Waals surface area contributed by atoms with Crippen LogP contribution in [0.1, 0.15) is 0 Å². The quantitative estimate of drug-likeness (QED) is 0.177. The molecule has 0 saturated carbocycles. The Bertz CT molecular complexity index is 4420. The topological polar surface area (TPSA) is 56.7 Å². The molecule has 0 N–H and O–H groups in total. The summed E-state index contributed by atoms with van der Waals surface area (Å²) >= 11 is 3.57. The lowest BCUT2D eigenvalue weighted by Crippen LogP contribution is -2.04. The maximum absolute atomic E-state index is 6.97. The van der Waals surface area contributed by atoms with Crippen LogP contribution in [-0.2, 0) is 0 Å². The molecule has 15 aromatic rings. The van der Waals surface area contributed by atoms with Gasteiger partial charge in [-0.25, -0.2) is 15.0 Å². The average Bonchev–Trinajstić information content (AvgIpc) is 4.14. The third-order valence-corrected chi connectivity index (χ3v) is 15.9. The van der Waals surface area contributed by atoms with Crippen LogP contribution < -0.4 is 0 Å². The number of benzene rings is 10. The monoisotopic (exact) mass is 876 g/mol. The third kappa shape index (κ3) is 5.12. The van der Waals surface area contributed by atoms with Gasteiger partial charge in [-0.2, -0.15) is 0 Å². The van der Waals surface area contributed by atoms with Gasteiger partial charge < -0.3 is 8.98 Å². The van der Waals surface area contributed by atoms with E-state index in [0.717, 1.165) is 75.5 Å². The summed E-state index contributed by atoms with van der Waals surface area (Å²) in [5, 5.41) is 13.8. The number of hydrogen-bond acceptors (Lipinski definition) is 6. The van der Waals surface area contributed by atoms with Crippen LogP contribution in [-0.4, -0.2) is 19.5 Å². The molecule has 0 saturated heterocycles. The zero-order valence-corrected chi connectivity index (χ0v) is 36.6. The van der Waals surface area contributed by atoms with Crippen molar-refractivity contribution < 1.29 is 4.42 Å². The summed E-state index contributed by atoms with van der Waals surface area (Å²) in [7, 11) is 0. The van der Waals surface area contributed by atoms with Gasteiger partial charge in [0.25, 0.3) is 0 Å². The number of thiophene rings is 2. The normalized spacial score (nSPS) is 12.2. The number of nitrogens with zero attached hydrogens (tertiary/aromatic N) is 4. The smallest absolute Gasteiger partial charge is 0.166 e. The second kappa shape index (κ2) is 13.6. The Kier molecular flexibility index (Phi) is 7.47. The molecule has 0 spiro atoms. The van der Waals surface area contributed by atoms with Crippen LogP contribution in [0.25, 0.3) is 145 Å². The number of furan rings is 1. The van der Waals surface area contributed by atoms with Crippen LogP contribution in [0, 0.1) is 0 Å². The molecule has 15 rings (SSSR count). The van der Waals surface area contributed by atoms with Crippen molar-refractivity contribution in [2.24, 2.45) is 0 Å². The number of hydrogen-bond donors (Lipinski definition) is 0. The van der Waals surface area contributed by atoms with E-state index >= 15 is 0 Å². The Morgan fingerprint density at radius 1 is 0.364 bits per heavy atom. The first-order valence-electron chi connectivity index (χ1n) is 22.1. The molecule has 0 bridgehead atoms. The molecule has 0 aliphatic heterocycles. The third-order valence-electron chi connectivity index (χ3n) is 13.4. The van der Waals surface area contributed by atoms with Crippen molar-refractivity contribution in [1.29, 1.82) is 0 Å². The summed E-state index contributed by atoms with van der Waals surface area (Å²) in [5.41, 5.74) is 7.65. The first-order chi connectivity index (χ1) is 32.7. The van der Waals surface area contributed by atoms with Crippen molar-refractivity contribution in [3.05, 3.63) is 194 Å². The molecule has 0 fully saturated rings. The zero-order valence-electron chi connectivity index (χ0n) is 35.0. The van der Waals surface area contributed by atoms with E-state index in [0.29, 0.717) is 17.5 Å². The van der Waals surface area contributed by atoms with Gasteiger partial charge in [0, 0.05) is 78.6 Å². The molecular weight excluding hydrogens is 845 g/mol. The van der Waals surface area contributed by atoms with Crippen LogP contribution in [0.3, 0.4) is 0 Å². The predicted molar refractivity (Wildman–Crippen MR) is 279 cm³/mol. The lowest BCUT2D eigenvalue weighted by molar-refractivity contribution is 0.672. The molecule has 5 nitrogen and oxygen atoms in total. The Balaban J connectivity index is 1.11. The molecule has 0 aliphatic carbocycles. The second-order valence-electron chi connectivity index (χ2n) is 17.0. The van der Waals surface area contributed by atoms with Gasteiger partial charge in [0.1, 0.15) is 11.2 Å². The summed E-state index contributed by atoms with van der Waals surface area (Å²) in [4.78, 5) is 16.6. The zero-order chi connectivity index (χ0) is 43.0. The van der Waals surface area contributed by atoms with Crippen LogP contribution in [0.5, 0.6) is 0 Å². The summed E-state index contributed by atoms with van der Waals surface area (Å²) in [5.74, 6) is 1.85. The minimum Gasteiger partial charge on any atom is -0.455 e. The molecule has 0 amide bonds. The number of fused-ring (bicyclic) bond motifs is 15. The van der Waals surface area contributed by atoms with E-state index in [1.54, 1.807) is 22.7 Å². The standard InChI is InChI=1S/C59H32N4OS2/c1-2-15-35-32-48-46(31-34(35)14-1)37-17-5-8-24-47(37)63(48)53-43(29-30-49-52(53)42-28-27-33-13-3-4-16-36(33)54(42)64-49)57-60-58(44-22-11-20-40-38-18-6-9-25-50(38)65-55(40)44)62-59(61-57)45-23-12-21-41-39-19-7-10-26-51(39)66-56(41)45/h1-32H. The van der Waals surface area contributed by atoms with Gasteiger partial charge in [-0.3, -0.25) is 0 Å². The van der Waals surface area contributed by atoms with Gasteiger partial charge in [0.15, 0.2) is 17.5 Å². The molecular formula is C59H32N4OS2. The summed E-state index contributed by atoms with van der Waals surface area (Å²) < 4.78 is 14.2. The number of aromatic nitrogens is 4. The number of para-hydroxylation sites is 1. The Morgan fingerprint density at radius 2 is 0.909 bits per heavy atom. The SMILES string of the molecule is c1ccc2cc3c(cc2c1)c1ccccc1n3-c1c(-c2nc(-c3cccc4c3sc3ccccc34)nc(-c3cccc4c3sc3ccccc34)n2)ccc2oc3c4ccccc4ccc3c12. The maximum Gasteiger partial charge on any atom is 0.166 e. The molecule has 0 aliphatic rings. The molecule has 0 unspecified atom stereocenters. The number of rotatable bonds is 4. The average molecular weight is 877 g/mol. The highest BCUT2D eigenvalue weighted by molar-refractivity contribution is 7.26.